The number of carbonyl (C=O) groups excluding carboxylic acids is 1. The van der Waals surface area contributed by atoms with E-state index in [4.69, 9.17) is 12.2 Å². The van der Waals surface area contributed by atoms with Crippen molar-refractivity contribution in [2.45, 2.75) is 10.1 Å². The molecule has 4 nitrogen and oxygen atoms in total. The maximum Gasteiger partial charge on any atom is 0.258 e. The van der Waals surface area contributed by atoms with Gasteiger partial charge in [-0.25, -0.2) is 4.68 Å². The van der Waals surface area contributed by atoms with Gasteiger partial charge >= 0.3 is 0 Å². The van der Waals surface area contributed by atoms with E-state index in [2.05, 4.69) is 17.2 Å². The zero-order chi connectivity index (χ0) is 20.9. The maximum absolute atomic E-state index is 12.8. The number of thioether (sulfide) groups is 1. The lowest BCUT2D eigenvalue weighted by molar-refractivity contribution is 0.0993. The topological polar surface area (TPSA) is 38.1 Å². The van der Waals surface area contributed by atoms with Crippen molar-refractivity contribution >= 4 is 46.9 Å². The van der Waals surface area contributed by atoms with E-state index in [9.17, 15) is 4.79 Å². The second-order valence-corrected chi connectivity index (χ2v) is 9.41. The molecule has 1 amide bonds. The number of benzene rings is 3. The number of nitrogens with zero attached hydrogens (tertiary/aromatic N) is 3. The summed E-state index contributed by atoms with van der Waals surface area (Å²) in [7, 11) is 1.78. The first-order valence-electron chi connectivity index (χ1n) is 9.32. The Morgan fingerprint density at radius 3 is 2.30 bits per heavy atom. The Balaban J connectivity index is 1.48. The average molecular weight is 450 g/mol. The Morgan fingerprint density at radius 1 is 1.00 bits per heavy atom. The van der Waals surface area contributed by atoms with Crippen molar-refractivity contribution in [1.29, 1.82) is 0 Å². The van der Waals surface area contributed by atoms with Crippen molar-refractivity contribution in [2.24, 2.45) is 0 Å². The van der Waals surface area contributed by atoms with Crippen LogP contribution < -0.4 is 4.90 Å². The molecule has 1 heterocycles. The molecule has 0 unspecified atom stereocenters. The molecular formula is C23H19N3OS3. The van der Waals surface area contributed by atoms with Gasteiger partial charge in [-0.3, -0.25) is 4.79 Å². The molecule has 0 radical (unpaired) electrons. The van der Waals surface area contributed by atoms with Crippen molar-refractivity contribution in [3.8, 4) is 5.69 Å². The third-order valence-corrected chi connectivity index (χ3v) is 6.98. The highest BCUT2D eigenvalue weighted by molar-refractivity contribution is 8.00. The van der Waals surface area contributed by atoms with Crippen LogP contribution in [-0.4, -0.2) is 22.7 Å². The van der Waals surface area contributed by atoms with E-state index in [0.29, 0.717) is 9.52 Å². The first-order valence-corrected chi connectivity index (χ1v) is 11.5. The van der Waals surface area contributed by atoms with E-state index in [0.717, 1.165) is 21.5 Å². The Hall–Kier alpha value is -2.74. The molecule has 0 bridgehead atoms. The molecule has 150 valence electrons. The van der Waals surface area contributed by atoms with Crippen LogP contribution >= 0.6 is 35.3 Å². The predicted molar refractivity (Wildman–Crippen MR) is 127 cm³/mol. The van der Waals surface area contributed by atoms with E-state index in [-0.39, 0.29) is 5.91 Å². The number of hydrogen-bond acceptors (Lipinski definition) is 5. The molecule has 0 atom stereocenters. The zero-order valence-electron chi connectivity index (χ0n) is 16.3. The van der Waals surface area contributed by atoms with E-state index < -0.39 is 0 Å². The number of anilines is 1. The zero-order valence-corrected chi connectivity index (χ0v) is 18.7. The summed E-state index contributed by atoms with van der Waals surface area (Å²) in [6, 6.07) is 27.3. The first kappa shape index (κ1) is 20.5. The van der Waals surface area contributed by atoms with Gasteiger partial charge in [0.05, 0.1) is 5.69 Å². The van der Waals surface area contributed by atoms with Crippen LogP contribution in [0.25, 0.3) is 5.69 Å². The van der Waals surface area contributed by atoms with Gasteiger partial charge in [0, 0.05) is 24.1 Å². The molecule has 0 N–H and O–H groups in total. The summed E-state index contributed by atoms with van der Waals surface area (Å²) < 4.78 is 3.36. The van der Waals surface area contributed by atoms with Crippen LogP contribution in [0.1, 0.15) is 15.9 Å². The SMILES string of the molecule is CN(C(=O)c1ccc(-n2nc(SCc3ccccc3)sc2=S)cc1)c1ccccc1. The summed E-state index contributed by atoms with van der Waals surface area (Å²) in [5, 5.41) is 4.65. The Morgan fingerprint density at radius 2 is 1.63 bits per heavy atom. The Labute approximate surface area is 188 Å². The number of aromatic nitrogens is 2. The van der Waals surface area contributed by atoms with Gasteiger partial charge in [-0.2, -0.15) is 0 Å². The summed E-state index contributed by atoms with van der Waals surface area (Å²) in [5.74, 6) is 0.788. The van der Waals surface area contributed by atoms with Crippen LogP contribution in [0.15, 0.2) is 89.3 Å². The molecule has 7 heteroatoms. The second kappa shape index (κ2) is 9.38. The fraction of sp³-hybridized carbons (Fsp3) is 0.0870. The van der Waals surface area contributed by atoms with Crippen molar-refractivity contribution in [3.63, 3.8) is 0 Å². The van der Waals surface area contributed by atoms with Crippen molar-refractivity contribution in [1.82, 2.24) is 9.78 Å². The van der Waals surface area contributed by atoms with Gasteiger partial charge in [-0.15, -0.1) is 5.10 Å². The van der Waals surface area contributed by atoms with Crippen LogP contribution in [0, 0.1) is 3.95 Å². The minimum absolute atomic E-state index is 0.0614. The monoisotopic (exact) mass is 449 g/mol. The third-order valence-electron chi connectivity index (χ3n) is 4.54. The maximum atomic E-state index is 12.8. The summed E-state index contributed by atoms with van der Waals surface area (Å²) >= 11 is 8.67. The molecular weight excluding hydrogens is 430 g/mol. The molecule has 1 aromatic heterocycles. The lowest BCUT2D eigenvalue weighted by Gasteiger charge is -2.17. The lowest BCUT2D eigenvalue weighted by Crippen LogP contribution is -2.26. The number of carbonyl (C=O) groups is 1. The lowest BCUT2D eigenvalue weighted by atomic mass is 10.1. The third kappa shape index (κ3) is 4.70. The van der Waals surface area contributed by atoms with Crippen molar-refractivity contribution in [2.75, 3.05) is 11.9 Å². The number of para-hydroxylation sites is 1. The summed E-state index contributed by atoms with van der Waals surface area (Å²) in [5.41, 5.74) is 3.57. The first-order chi connectivity index (χ1) is 14.6. The molecule has 0 aliphatic rings. The standard InChI is InChI=1S/C23H19N3OS3/c1-25(19-10-6-3-7-11-19)21(27)18-12-14-20(15-13-18)26-23(28)30-22(24-26)29-16-17-8-4-2-5-9-17/h2-15H,16H2,1H3. The van der Waals surface area contributed by atoms with Crippen LogP contribution in [0.3, 0.4) is 0 Å². The van der Waals surface area contributed by atoms with Gasteiger partial charge in [0.25, 0.3) is 5.91 Å². The second-order valence-electron chi connectivity index (χ2n) is 6.57. The van der Waals surface area contributed by atoms with E-state index >= 15 is 0 Å². The Kier molecular flexibility index (Phi) is 6.42. The molecule has 0 spiro atoms. The van der Waals surface area contributed by atoms with Crippen LogP contribution in [0.5, 0.6) is 0 Å². The van der Waals surface area contributed by atoms with Gasteiger partial charge in [0.15, 0.2) is 8.29 Å². The molecule has 0 fully saturated rings. The quantitative estimate of drug-likeness (QED) is 0.258. The van der Waals surface area contributed by atoms with Gasteiger partial charge < -0.3 is 4.90 Å². The fourth-order valence-electron chi connectivity index (χ4n) is 2.91. The average Bonchev–Trinajstić information content (AvgIpc) is 3.18. The normalized spacial score (nSPS) is 10.7. The highest BCUT2D eigenvalue weighted by Gasteiger charge is 2.14. The van der Waals surface area contributed by atoms with Gasteiger partial charge in [-0.1, -0.05) is 71.6 Å². The molecule has 4 aromatic rings. The number of amides is 1. The predicted octanol–water partition coefficient (Wildman–Crippen LogP) is 6.23. The molecule has 0 saturated heterocycles. The van der Waals surface area contributed by atoms with Gasteiger partial charge in [-0.05, 0) is 54.2 Å². The molecule has 0 saturated carbocycles. The number of rotatable bonds is 6. The van der Waals surface area contributed by atoms with Crippen LogP contribution in [0.4, 0.5) is 5.69 Å². The summed E-state index contributed by atoms with van der Waals surface area (Å²) in [6.07, 6.45) is 0. The van der Waals surface area contributed by atoms with E-state index in [1.807, 2.05) is 72.8 Å². The largest absolute Gasteiger partial charge is 0.311 e. The van der Waals surface area contributed by atoms with E-state index in [1.54, 1.807) is 28.4 Å². The van der Waals surface area contributed by atoms with Crippen molar-refractivity contribution < 1.29 is 4.79 Å². The van der Waals surface area contributed by atoms with E-state index in [1.165, 1.54) is 16.9 Å². The molecule has 3 aromatic carbocycles. The van der Waals surface area contributed by atoms with Crippen LogP contribution in [0.2, 0.25) is 0 Å². The molecule has 30 heavy (non-hydrogen) atoms. The summed E-state index contributed by atoms with van der Waals surface area (Å²) in [4.78, 5) is 14.4. The summed E-state index contributed by atoms with van der Waals surface area (Å²) in [6.45, 7) is 0. The fourth-order valence-corrected chi connectivity index (χ4v) is 5.23. The number of hydrogen-bond donors (Lipinski definition) is 0. The molecule has 0 aliphatic carbocycles. The van der Waals surface area contributed by atoms with Gasteiger partial charge in [0.2, 0.25) is 0 Å². The highest BCUT2D eigenvalue weighted by Crippen LogP contribution is 2.27. The molecule has 0 aliphatic heterocycles. The van der Waals surface area contributed by atoms with Crippen LogP contribution in [-0.2, 0) is 5.75 Å². The van der Waals surface area contributed by atoms with Gasteiger partial charge in [0.1, 0.15) is 0 Å². The highest BCUT2D eigenvalue weighted by atomic mass is 32.2. The van der Waals surface area contributed by atoms with Crippen molar-refractivity contribution in [3.05, 3.63) is 100 Å². The minimum Gasteiger partial charge on any atom is -0.311 e. The Bertz CT molecular complexity index is 1190. The smallest absolute Gasteiger partial charge is 0.258 e. The molecule has 4 rings (SSSR count). The minimum atomic E-state index is -0.0614.